The molecule has 22 heavy (non-hydrogen) atoms. The highest BCUT2D eigenvalue weighted by atomic mass is 35.5. The van der Waals surface area contributed by atoms with Crippen molar-refractivity contribution in [2.75, 3.05) is 13.1 Å². The summed E-state index contributed by atoms with van der Waals surface area (Å²) in [5.74, 6) is 1.50. The lowest BCUT2D eigenvalue weighted by Crippen LogP contribution is -2.45. The standard InChI is InChI=1S/C15H21N3OS.2ClH/c1-11-4-5-18(13(7-11)8-16)9-12-10-19-15(17-12)14-3-2-6-20-14;;/h2-3,6,10-11,13H,4-5,7-9,16H2,1H3;2*1H. The van der Waals surface area contributed by atoms with Crippen LogP contribution in [0.4, 0.5) is 0 Å². The molecule has 3 rings (SSSR count). The monoisotopic (exact) mass is 363 g/mol. The van der Waals surface area contributed by atoms with Gasteiger partial charge in [0.15, 0.2) is 0 Å². The number of hydrogen-bond acceptors (Lipinski definition) is 5. The number of oxazole rings is 1. The van der Waals surface area contributed by atoms with Crippen molar-refractivity contribution >= 4 is 36.2 Å². The first-order valence-electron chi connectivity index (χ1n) is 7.18. The summed E-state index contributed by atoms with van der Waals surface area (Å²) in [6, 6.07) is 4.52. The minimum Gasteiger partial charge on any atom is -0.444 e. The van der Waals surface area contributed by atoms with Gasteiger partial charge in [-0.1, -0.05) is 13.0 Å². The van der Waals surface area contributed by atoms with Crippen LogP contribution in [0, 0.1) is 5.92 Å². The minimum absolute atomic E-state index is 0. The Labute approximate surface area is 147 Å². The zero-order chi connectivity index (χ0) is 13.9. The van der Waals surface area contributed by atoms with Crippen LogP contribution in [-0.4, -0.2) is 29.0 Å². The zero-order valence-corrected chi connectivity index (χ0v) is 15.1. The number of piperidine rings is 1. The third kappa shape index (κ3) is 4.46. The van der Waals surface area contributed by atoms with Crippen molar-refractivity contribution in [2.24, 2.45) is 11.7 Å². The number of hydrogen-bond donors (Lipinski definition) is 1. The fourth-order valence-corrected chi connectivity index (χ4v) is 3.51. The number of nitrogens with two attached hydrogens (primary N) is 1. The fourth-order valence-electron chi connectivity index (χ4n) is 2.85. The third-order valence-electron chi connectivity index (χ3n) is 4.02. The molecule has 2 aromatic heterocycles. The van der Waals surface area contributed by atoms with E-state index in [1.54, 1.807) is 17.6 Å². The molecule has 1 fully saturated rings. The van der Waals surface area contributed by atoms with Crippen LogP contribution in [0.15, 0.2) is 28.2 Å². The van der Waals surface area contributed by atoms with E-state index >= 15 is 0 Å². The van der Waals surface area contributed by atoms with Crippen LogP contribution in [0.3, 0.4) is 0 Å². The van der Waals surface area contributed by atoms with Crippen LogP contribution in [0.25, 0.3) is 10.8 Å². The van der Waals surface area contributed by atoms with Gasteiger partial charge in [-0.05, 0) is 36.8 Å². The quantitative estimate of drug-likeness (QED) is 0.897. The van der Waals surface area contributed by atoms with Gasteiger partial charge in [0.25, 0.3) is 0 Å². The van der Waals surface area contributed by atoms with Gasteiger partial charge < -0.3 is 10.2 Å². The lowest BCUT2D eigenvalue weighted by atomic mass is 9.92. The van der Waals surface area contributed by atoms with Crippen molar-refractivity contribution in [1.82, 2.24) is 9.88 Å². The van der Waals surface area contributed by atoms with E-state index in [0.717, 1.165) is 42.0 Å². The highest BCUT2D eigenvalue weighted by Gasteiger charge is 2.26. The largest absolute Gasteiger partial charge is 0.444 e. The average Bonchev–Trinajstić information content (AvgIpc) is 3.11. The Hall–Kier alpha value is -0.590. The van der Waals surface area contributed by atoms with E-state index in [-0.39, 0.29) is 24.8 Å². The summed E-state index contributed by atoms with van der Waals surface area (Å²) in [5.41, 5.74) is 6.91. The molecule has 0 saturated carbocycles. The lowest BCUT2D eigenvalue weighted by molar-refractivity contribution is 0.114. The zero-order valence-electron chi connectivity index (χ0n) is 12.6. The Balaban J connectivity index is 0.00000121. The molecule has 0 radical (unpaired) electrons. The summed E-state index contributed by atoms with van der Waals surface area (Å²) >= 11 is 1.65. The van der Waals surface area contributed by atoms with Gasteiger partial charge in [0.2, 0.25) is 5.89 Å². The normalized spacial score (nSPS) is 21.9. The smallest absolute Gasteiger partial charge is 0.236 e. The second-order valence-corrected chi connectivity index (χ2v) is 6.56. The molecule has 124 valence electrons. The Kier molecular flexibility index (Phi) is 7.86. The Morgan fingerprint density at radius 1 is 1.45 bits per heavy atom. The molecule has 2 N–H and O–H groups in total. The van der Waals surface area contributed by atoms with Gasteiger partial charge in [0.1, 0.15) is 6.26 Å². The summed E-state index contributed by atoms with van der Waals surface area (Å²) in [5, 5.41) is 2.04. The lowest BCUT2D eigenvalue weighted by Gasteiger charge is -2.37. The van der Waals surface area contributed by atoms with Crippen molar-refractivity contribution in [2.45, 2.75) is 32.4 Å². The SMILES string of the molecule is CC1CCN(Cc2coc(-c3cccs3)n2)C(CN)C1.Cl.Cl. The van der Waals surface area contributed by atoms with E-state index in [2.05, 4.69) is 16.8 Å². The minimum atomic E-state index is 0. The van der Waals surface area contributed by atoms with Gasteiger partial charge in [-0.15, -0.1) is 36.2 Å². The third-order valence-corrected chi connectivity index (χ3v) is 4.88. The van der Waals surface area contributed by atoms with E-state index in [1.165, 1.54) is 12.8 Å². The second kappa shape index (κ2) is 8.89. The Morgan fingerprint density at radius 2 is 2.27 bits per heavy atom. The average molecular weight is 364 g/mol. The van der Waals surface area contributed by atoms with Crippen LogP contribution in [0.2, 0.25) is 0 Å². The summed E-state index contributed by atoms with van der Waals surface area (Å²) in [6.45, 7) is 4.97. The van der Waals surface area contributed by atoms with Crippen LogP contribution < -0.4 is 5.73 Å². The van der Waals surface area contributed by atoms with Gasteiger partial charge in [0, 0.05) is 19.1 Å². The van der Waals surface area contributed by atoms with Crippen LogP contribution in [0.5, 0.6) is 0 Å². The summed E-state index contributed by atoms with van der Waals surface area (Å²) in [7, 11) is 0. The van der Waals surface area contributed by atoms with Gasteiger partial charge in [0.05, 0.1) is 10.6 Å². The molecule has 1 aliphatic heterocycles. The molecule has 2 atom stereocenters. The highest BCUT2D eigenvalue weighted by molar-refractivity contribution is 7.13. The van der Waals surface area contributed by atoms with Crippen LogP contribution >= 0.6 is 36.2 Å². The van der Waals surface area contributed by atoms with Gasteiger partial charge in [-0.2, -0.15) is 0 Å². The fraction of sp³-hybridized carbons (Fsp3) is 0.533. The number of halogens is 2. The molecule has 0 spiro atoms. The maximum Gasteiger partial charge on any atom is 0.236 e. The number of rotatable bonds is 4. The molecule has 0 bridgehead atoms. The summed E-state index contributed by atoms with van der Waals surface area (Å²) < 4.78 is 5.58. The molecule has 2 unspecified atom stereocenters. The van der Waals surface area contributed by atoms with E-state index < -0.39 is 0 Å². The molecule has 4 nitrogen and oxygen atoms in total. The Bertz CT molecular complexity index is 547. The van der Waals surface area contributed by atoms with Crippen molar-refractivity contribution in [3.05, 3.63) is 29.5 Å². The van der Waals surface area contributed by atoms with Crippen molar-refractivity contribution in [1.29, 1.82) is 0 Å². The van der Waals surface area contributed by atoms with E-state index in [1.807, 2.05) is 17.5 Å². The molecule has 1 aliphatic rings. The molecule has 1 saturated heterocycles. The van der Waals surface area contributed by atoms with Gasteiger partial charge >= 0.3 is 0 Å². The Morgan fingerprint density at radius 3 is 2.95 bits per heavy atom. The first-order valence-corrected chi connectivity index (χ1v) is 8.06. The molecule has 0 aromatic carbocycles. The molecule has 2 aromatic rings. The molecule has 0 aliphatic carbocycles. The molecular weight excluding hydrogens is 341 g/mol. The van der Waals surface area contributed by atoms with Crippen LogP contribution in [-0.2, 0) is 6.54 Å². The summed E-state index contributed by atoms with van der Waals surface area (Å²) in [6.07, 6.45) is 4.21. The van der Waals surface area contributed by atoms with Crippen LogP contribution in [0.1, 0.15) is 25.5 Å². The number of nitrogens with zero attached hydrogens (tertiary/aromatic N) is 2. The molecule has 3 heterocycles. The number of aromatic nitrogens is 1. The number of likely N-dealkylation sites (tertiary alicyclic amines) is 1. The summed E-state index contributed by atoms with van der Waals surface area (Å²) in [4.78, 5) is 8.12. The maximum absolute atomic E-state index is 5.91. The first kappa shape index (κ1) is 19.5. The van der Waals surface area contributed by atoms with Gasteiger partial charge in [-0.25, -0.2) is 4.98 Å². The molecular formula is C15H23Cl2N3OS. The van der Waals surface area contributed by atoms with Crippen molar-refractivity contribution < 1.29 is 4.42 Å². The highest BCUT2D eigenvalue weighted by Crippen LogP contribution is 2.26. The molecule has 0 amide bonds. The van der Waals surface area contributed by atoms with E-state index in [9.17, 15) is 0 Å². The topological polar surface area (TPSA) is 55.3 Å². The van der Waals surface area contributed by atoms with E-state index in [4.69, 9.17) is 10.2 Å². The van der Waals surface area contributed by atoms with Crippen molar-refractivity contribution in [3.63, 3.8) is 0 Å². The van der Waals surface area contributed by atoms with Gasteiger partial charge in [-0.3, -0.25) is 4.90 Å². The van der Waals surface area contributed by atoms with E-state index in [0.29, 0.717) is 6.04 Å². The predicted octanol–water partition coefficient (Wildman–Crippen LogP) is 3.81. The first-order chi connectivity index (χ1) is 9.76. The van der Waals surface area contributed by atoms with Crippen molar-refractivity contribution in [3.8, 4) is 10.8 Å². The molecule has 7 heteroatoms. The maximum atomic E-state index is 5.91. The predicted molar refractivity (Wildman–Crippen MR) is 96.0 cm³/mol. The number of thiophene rings is 1. The second-order valence-electron chi connectivity index (χ2n) is 5.61.